The normalized spacial score (nSPS) is 14.6. The molecule has 1 aliphatic rings. The Balaban J connectivity index is 1.70. The number of fused-ring (bicyclic) bond motifs is 1. The lowest BCUT2D eigenvalue weighted by atomic mass is 10.1. The molecule has 1 fully saturated rings. The van der Waals surface area contributed by atoms with Crippen molar-refractivity contribution < 1.29 is 14.3 Å². The molecule has 1 aromatic heterocycles. The minimum atomic E-state index is -0.306. The molecule has 1 aliphatic heterocycles. The summed E-state index contributed by atoms with van der Waals surface area (Å²) in [7, 11) is 1.62. The van der Waals surface area contributed by atoms with Gasteiger partial charge in [-0.1, -0.05) is 18.2 Å². The Kier molecular flexibility index (Phi) is 6.09. The molecule has 0 unspecified atom stereocenters. The van der Waals surface area contributed by atoms with Gasteiger partial charge in [0.1, 0.15) is 11.4 Å². The molecule has 2 N–H and O–H groups in total. The smallest absolute Gasteiger partial charge is 0.270 e. The lowest BCUT2D eigenvalue weighted by Crippen LogP contribution is -2.42. The number of hydrogen-bond donors (Lipinski definition) is 2. The third-order valence-corrected chi connectivity index (χ3v) is 5.98. The van der Waals surface area contributed by atoms with Gasteiger partial charge in [0, 0.05) is 52.8 Å². The van der Waals surface area contributed by atoms with E-state index in [2.05, 4.69) is 10.3 Å². The second-order valence-corrected chi connectivity index (χ2v) is 8.16. The van der Waals surface area contributed by atoms with E-state index in [-0.39, 0.29) is 17.5 Å². The second kappa shape index (κ2) is 9.09. The Morgan fingerprint density at radius 3 is 2.63 bits per heavy atom. The van der Waals surface area contributed by atoms with Crippen LogP contribution in [0, 0.1) is 0 Å². The molecule has 4 rings (SSSR count). The van der Waals surface area contributed by atoms with E-state index in [1.807, 2.05) is 42.2 Å². The zero-order valence-corrected chi connectivity index (χ0v) is 17.5. The van der Waals surface area contributed by atoms with Crippen LogP contribution < -0.4 is 10.1 Å². The van der Waals surface area contributed by atoms with Crippen molar-refractivity contribution in [3.8, 4) is 5.75 Å². The maximum atomic E-state index is 13.2. The van der Waals surface area contributed by atoms with Crippen LogP contribution >= 0.6 is 11.8 Å². The second-order valence-electron chi connectivity index (χ2n) is 6.94. The van der Waals surface area contributed by atoms with Crippen LogP contribution in [0.4, 0.5) is 0 Å². The van der Waals surface area contributed by atoms with Crippen molar-refractivity contribution in [1.29, 1.82) is 0 Å². The number of benzene rings is 2. The van der Waals surface area contributed by atoms with Gasteiger partial charge in [0.2, 0.25) is 0 Å². The Labute approximate surface area is 179 Å². The number of thioether (sulfide) groups is 1. The summed E-state index contributed by atoms with van der Waals surface area (Å²) in [5.74, 6) is 2.05. The highest BCUT2D eigenvalue weighted by atomic mass is 32.2. The molecule has 2 heterocycles. The molecule has 0 saturated carbocycles. The van der Waals surface area contributed by atoms with E-state index in [0.29, 0.717) is 18.7 Å². The topological polar surface area (TPSA) is 74.4 Å². The monoisotopic (exact) mass is 421 g/mol. The zero-order valence-electron chi connectivity index (χ0n) is 16.7. The summed E-state index contributed by atoms with van der Waals surface area (Å²) < 4.78 is 5.33. The van der Waals surface area contributed by atoms with E-state index >= 15 is 0 Å². The third-order valence-electron chi connectivity index (χ3n) is 5.03. The van der Waals surface area contributed by atoms with Gasteiger partial charge >= 0.3 is 0 Å². The van der Waals surface area contributed by atoms with E-state index in [0.717, 1.165) is 33.7 Å². The highest BCUT2D eigenvalue weighted by Gasteiger charge is 2.23. The molecule has 2 aromatic carbocycles. The van der Waals surface area contributed by atoms with Crippen molar-refractivity contribution in [2.75, 3.05) is 31.7 Å². The number of rotatable bonds is 5. The largest absolute Gasteiger partial charge is 0.497 e. The van der Waals surface area contributed by atoms with Gasteiger partial charge in [-0.15, -0.1) is 0 Å². The number of H-pyrrole nitrogens is 1. The number of hydrogen-bond acceptors (Lipinski definition) is 4. The molecule has 1 saturated heterocycles. The van der Waals surface area contributed by atoms with Gasteiger partial charge in [-0.3, -0.25) is 9.59 Å². The van der Waals surface area contributed by atoms with Gasteiger partial charge in [0.25, 0.3) is 11.8 Å². The predicted octanol–water partition coefficient (Wildman–Crippen LogP) is 3.52. The van der Waals surface area contributed by atoms with Gasteiger partial charge < -0.3 is 19.9 Å². The van der Waals surface area contributed by atoms with Crippen LogP contribution in [0.1, 0.15) is 15.9 Å². The number of nitrogens with one attached hydrogen (secondary N) is 2. The average molecular weight is 422 g/mol. The lowest BCUT2D eigenvalue weighted by Gasteiger charge is -2.27. The zero-order chi connectivity index (χ0) is 20.9. The summed E-state index contributed by atoms with van der Waals surface area (Å²) in [6.45, 7) is 1.34. The molecular formula is C23H23N3O3S. The summed E-state index contributed by atoms with van der Waals surface area (Å²) in [5, 5.41) is 3.76. The number of aromatic amines is 1. The minimum Gasteiger partial charge on any atom is -0.497 e. The molecule has 0 atom stereocenters. The molecule has 0 aliphatic carbocycles. The van der Waals surface area contributed by atoms with Crippen LogP contribution in [0.2, 0.25) is 0 Å². The SMILES string of the molecule is COc1ccc2[nH]cc(/C=C(/NC(=O)c3ccccc3)C(=O)N3CCSCC3)c2c1. The van der Waals surface area contributed by atoms with Gasteiger partial charge in [-0.2, -0.15) is 11.8 Å². The van der Waals surface area contributed by atoms with Gasteiger partial charge in [-0.25, -0.2) is 0 Å². The van der Waals surface area contributed by atoms with Crippen LogP contribution in [0.25, 0.3) is 17.0 Å². The number of nitrogens with zero attached hydrogens (tertiary/aromatic N) is 1. The van der Waals surface area contributed by atoms with Crippen molar-refractivity contribution in [3.63, 3.8) is 0 Å². The first-order valence-corrected chi connectivity index (χ1v) is 10.9. The Hall–Kier alpha value is -3.19. The molecule has 0 bridgehead atoms. The molecule has 154 valence electrons. The van der Waals surface area contributed by atoms with Crippen LogP contribution in [-0.2, 0) is 4.79 Å². The Morgan fingerprint density at radius 1 is 1.13 bits per heavy atom. The number of methoxy groups -OCH3 is 1. The quantitative estimate of drug-likeness (QED) is 0.618. The van der Waals surface area contributed by atoms with Crippen LogP contribution in [-0.4, -0.2) is 53.4 Å². The first kappa shape index (κ1) is 20.1. The predicted molar refractivity (Wildman–Crippen MR) is 121 cm³/mol. The fraction of sp³-hybridized carbons (Fsp3) is 0.217. The summed E-state index contributed by atoms with van der Waals surface area (Å²) in [6, 6.07) is 14.6. The number of aromatic nitrogens is 1. The minimum absolute atomic E-state index is 0.170. The summed E-state index contributed by atoms with van der Waals surface area (Å²) >= 11 is 1.83. The van der Waals surface area contributed by atoms with Gasteiger partial charge in [0.15, 0.2) is 0 Å². The summed E-state index contributed by atoms with van der Waals surface area (Å²) in [6.07, 6.45) is 3.57. The molecular weight excluding hydrogens is 398 g/mol. The Bertz CT molecular complexity index is 1090. The summed E-state index contributed by atoms with van der Waals surface area (Å²) in [4.78, 5) is 31.0. The molecule has 2 amide bonds. The molecule has 30 heavy (non-hydrogen) atoms. The fourth-order valence-corrected chi connectivity index (χ4v) is 4.30. The molecule has 0 radical (unpaired) electrons. The number of carbonyl (C=O) groups is 2. The lowest BCUT2D eigenvalue weighted by molar-refractivity contribution is -0.127. The van der Waals surface area contributed by atoms with Crippen molar-refractivity contribution >= 4 is 40.6 Å². The average Bonchev–Trinajstić information content (AvgIpc) is 3.21. The van der Waals surface area contributed by atoms with E-state index in [1.54, 1.807) is 42.4 Å². The fourth-order valence-electron chi connectivity index (χ4n) is 3.40. The molecule has 6 nitrogen and oxygen atoms in total. The Morgan fingerprint density at radius 2 is 1.90 bits per heavy atom. The van der Waals surface area contributed by atoms with Crippen LogP contribution in [0.3, 0.4) is 0 Å². The van der Waals surface area contributed by atoms with E-state index in [9.17, 15) is 9.59 Å². The van der Waals surface area contributed by atoms with E-state index < -0.39 is 0 Å². The number of ether oxygens (including phenoxy) is 1. The van der Waals surface area contributed by atoms with Crippen molar-refractivity contribution in [2.24, 2.45) is 0 Å². The third kappa shape index (κ3) is 4.36. The first-order chi connectivity index (χ1) is 14.7. The molecule has 3 aromatic rings. The molecule has 7 heteroatoms. The number of carbonyl (C=O) groups excluding carboxylic acids is 2. The van der Waals surface area contributed by atoms with Crippen LogP contribution in [0.15, 0.2) is 60.4 Å². The van der Waals surface area contributed by atoms with E-state index in [1.165, 1.54) is 0 Å². The number of amides is 2. The van der Waals surface area contributed by atoms with Gasteiger partial charge in [-0.05, 0) is 36.4 Å². The van der Waals surface area contributed by atoms with Crippen LogP contribution in [0.5, 0.6) is 5.75 Å². The van der Waals surface area contributed by atoms with Crippen molar-refractivity contribution in [1.82, 2.24) is 15.2 Å². The first-order valence-electron chi connectivity index (χ1n) is 9.76. The van der Waals surface area contributed by atoms with Crippen molar-refractivity contribution in [2.45, 2.75) is 0 Å². The molecule has 0 spiro atoms. The highest BCUT2D eigenvalue weighted by Crippen LogP contribution is 2.25. The summed E-state index contributed by atoms with van der Waals surface area (Å²) in [5.41, 5.74) is 2.51. The maximum Gasteiger partial charge on any atom is 0.270 e. The highest BCUT2D eigenvalue weighted by molar-refractivity contribution is 7.99. The standard InChI is InChI=1S/C23H23N3O3S/c1-29-18-7-8-20-19(14-18)17(15-24-20)13-21(23(28)26-9-11-30-12-10-26)25-22(27)16-5-3-2-4-6-16/h2-8,13-15,24H,9-12H2,1H3,(H,25,27)/b21-13+. The van der Waals surface area contributed by atoms with Gasteiger partial charge in [0.05, 0.1) is 7.11 Å². The maximum absolute atomic E-state index is 13.2. The van der Waals surface area contributed by atoms with Crippen molar-refractivity contribution in [3.05, 3.63) is 71.6 Å². The van der Waals surface area contributed by atoms with E-state index in [4.69, 9.17) is 4.74 Å².